The first-order valence-corrected chi connectivity index (χ1v) is 5.31. The van der Waals surface area contributed by atoms with Crippen molar-refractivity contribution >= 4 is 28.4 Å². The van der Waals surface area contributed by atoms with E-state index < -0.39 is 0 Å². The zero-order chi connectivity index (χ0) is 9.42. The molecule has 0 aromatic heterocycles. The van der Waals surface area contributed by atoms with Crippen molar-refractivity contribution in [3.63, 3.8) is 0 Å². The second kappa shape index (κ2) is 3.29. The van der Waals surface area contributed by atoms with Crippen LogP contribution in [0.15, 0.2) is 12.1 Å². The molecule has 0 aliphatic heterocycles. The molecule has 1 aromatic rings. The van der Waals surface area contributed by atoms with E-state index in [1.165, 1.54) is 0 Å². The molecule has 0 amide bonds. The molecule has 3 heteroatoms. The van der Waals surface area contributed by atoms with E-state index in [9.17, 15) is 9.90 Å². The van der Waals surface area contributed by atoms with Crippen LogP contribution in [0.4, 0.5) is 0 Å². The molecule has 68 valence electrons. The maximum absolute atomic E-state index is 11.5. The van der Waals surface area contributed by atoms with Crippen molar-refractivity contribution < 1.29 is 9.90 Å². The SMILES string of the molecule is O=C1CCCc2cc(O)cc(I)c21. The van der Waals surface area contributed by atoms with Gasteiger partial charge in [-0.05, 0) is 53.1 Å². The minimum absolute atomic E-state index is 0.214. The molecule has 0 unspecified atom stereocenters. The van der Waals surface area contributed by atoms with Gasteiger partial charge in [-0.3, -0.25) is 4.79 Å². The molecule has 1 aliphatic rings. The van der Waals surface area contributed by atoms with Gasteiger partial charge in [0.15, 0.2) is 5.78 Å². The molecule has 2 rings (SSSR count). The smallest absolute Gasteiger partial charge is 0.164 e. The maximum Gasteiger partial charge on any atom is 0.164 e. The molecule has 2 nitrogen and oxygen atoms in total. The van der Waals surface area contributed by atoms with Crippen molar-refractivity contribution in [3.05, 3.63) is 26.8 Å². The molecule has 1 aliphatic carbocycles. The standard InChI is InChI=1S/C10H9IO2/c11-8-5-7(12)4-6-2-1-3-9(13)10(6)8/h4-5,12H,1-3H2. The highest BCUT2D eigenvalue weighted by Crippen LogP contribution is 2.29. The van der Waals surface area contributed by atoms with Crippen LogP contribution in [0.25, 0.3) is 0 Å². The monoisotopic (exact) mass is 288 g/mol. The number of Topliss-reactive ketones (excluding diaryl/α,β-unsaturated/α-hetero) is 1. The van der Waals surface area contributed by atoms with Crippen LogP contribution in [0.2, 0.25) is 0 Å². The van der Waals surface area contributed by atoms with E-state index in [1.54, 1.807) is 12.1 Å². The summed E-state index contributed by atoms with van der Waals surface area (Å²) in [6.45, 7) is 0. The Bertz CT molecular complexity index is 371. The number of ketones is 1. The number of aryl methyl sites for hydroxylation is 1. The highest BCUT2D eigenvalue weighted by atomic mass is 127. The number of benzene rings is 1. The molecule has 0 fully saturated rings. The number of phenols is 1. The molecule has 1 aromatic carbocycles. The van der Waals surface area contributed by atoms with Gasteiger partial charge >= 0.3 is 0 Å². The zero-order valence-corrected chi connectivity index (χ0v) is 9.17. The van der Waals surface area contributed by atoms with Gasteiger partial charge in [-0.2, -0.15) is 0 Å². The van der Waals surface area contributed by atoms with Gasteiger partial charge in [-0.1, -0.05) is 0 Å². The molecule has 1 N–H and O–H groups in total. The van der Waals surface area contributed by atoms with E-state index in [1.807, 2.05) is 0 Å². The lowest BCUT2D eigenvalue weighted by Crippen LogP contribution is -2.12. The molecule has 0 spiro atoms. The van der Waals surface area contributed by atoms with E-state index in [0.717, 1.165) is 27.5 Å². The van der Waals surface area contributed by atoms with Gasteiger partial charge in [0.25, 0.3) is 0 Å². The average Bonchev–Trinajstić information content (AvgIpc) is 2.02. The first-order chi connectivity index (χ1) is 6.18. The molecule has 13 heavy (non-hydrogen) atoms. The van der Waals surface area contributed by atoms with Crippen LogP contribution >= 0.6 is 22.6 Å². The van der Waals surface area contributed by atoms with E-state index >= 15 is 0 Å². The van der Waals surface area contributed by atoms with Crippen molar-refractivity contribution in [2.45, 2.75) is 19.3 Å². The predicted molar refractivity (Wildman–Crippen MR) is 58.1 cm³/mol. The fourth-order valence-corrected chi connectivity index (χ4v) is 2.69. The first-order valence-electron chi connectivity index (χ1n) is 4.23. The summed E-state index contributed by atoms with van der Waals surface area (Å²) in [4.78, 5) is 11.5. The number of carbonyl (C=O) groups is 1. The predicted octanol–water partition coefficient (Wildman–Crippen LogP) is 2.52. The van der Waals surface area contributed by atoms with Crippen molar-refractivity contribution in [1.82, 2.24) is 0 Å². The molecule has 0 atom stereocenters. The third-order valence-electron chi connectivity index (χ3n) is 2.29. The highest BCUT2D eigenvalue weighted by molar-refractivity contribution is 14.1. The summed E-state index contributed by atoms with van der Waals surface area (Å²) in [7, 11) is 0. The minimum Gasteiger partial charge on any atom is -0.508 e. The fraction of sp³-hybridized carbons (Fsp3) is 0.300. The first kappa shape index (κ1) is 8.99. The normalized spacial score (nSPS) is 15.6. The van der Waals surface area contributed by atoms with Crippen LogP contribution in [0, 0.1) is 3.57 Å². The van der Waals surface area contributed by atoms with E-state index in [0.29, 0.717) is 6.42 Å². The van der Waals surface area contributed by atoms with Crippen LogP contribution in [0.3, 0.4) is 0 Å². The van der Waals surface area contributed by atoms with Crippen molar-refractivity contribution in [2.75, 3.05) is 0 Å². The number of hydrogen-bond donors (Lipinski definition) is 1. The van der Waals surface area contributed by atoms with Crippen molar-refractivity contribution in [2.24, 2.45) is 0 Å². The Morgan fingerprint density at radius 3 is 2.85 bits per heavy atom. The summed E-state index contributed by atoms with van der Waals surface area (Å²) in [6, 6.07) is 3.34. The molecule has 0 saturated heterocycles. The van der Waals surface area contributed by atoms with E-state index in [-0.39, 0.29) is 11.5 Å². The Morgan fingerprint density at radius 1 is 1.31 bits per heavy atom. The summed E-state index contributed by atoms with van der Waals surface area (Å²) in [5, 5.41) is 9.34. The number of carbonyl (C=O) groups excluding carboxylic acids is 1. The topological polar surface area (TPSA) is 37.3 Å². The third kappa shape index (κ3) is 1.57. The number of rotatable bonds is 0. The second-order valence-electron chi connectivity index (χ2n) is 3.24. The Balaban J connectivity index is 2.63. The van der Waals surface area contributed by atoms with Crippen molar-refractivity contribution in [1.29, 1.82) is 0 Å². The molecular weight excluding hydrogens is 279 g/mol. The summed E-state index contributed by atoms with van der Waals surface area (Å²) in [5.41, 5.74) is 1.82. The van der Waals surface area contributed by atoms with Crippen LogP contribution in [-0.4, -0.2) is 10.9 Å². The Labute approximate surface area is 90.1 Å². The molecule has 0 bridgehead atoms. The maximum atomic E-state index is 11.5. The van der Waals surface area contributed by atoms with E-state index in [2.05, 4.69) is 22.6 Å². The summed E-state index contributed by atoms with van der Waals surface area (Å²) in [5.74, 6) is 0.475. The molecule has 0 heterocycles. The molecule has 0 saturated carbocycles. The van der Waals surface area contributed by atoms with Crippen LogP contribution in [-0.2, 0) is 6.42 Å². The summed E-state index contributed by atoms with van der Waals surface area (Å²) < 4.78 is 0.873. The number of aromatic hydroxyl groups is 1. The lowest BCUT2D eigenvalue weighted by atomic mass is 9.91. The van der Waals surface area contributed by atoms with Gasteiger partial charge in [-0.25, -0.2) is 0 Å². The zero-order valence-electron chi connectivity index (χ0n) is 7.01. The summed E-state index contributed by atoms with van der Waals surface area (Å²) in [6.07, 6.45) is 2.46. The fourth-order valence-electron chi connectivity index (χ4n) is 1.72. The van der Waals surface area contributed by atoms with Crippen LogP contribution < -0.4 is 0 Å². The van der Waals surface area contributed by atoms with Crippen LogP contribution in [0.1, 0.15) is 28.8 Å². The van der Waals surface area contributed by atoms with Gasteiger partial charge in [0, 0.05) is 15.6 Å². The number of phenolic OH excluding ortho intramolecular Hbond substituents is 1. The van der Waals surface area contributed by atoms with Gasteiger partial charge in [-0.15, -0.1) is 0 Å². The van der Waals surface area contributed by atoms with Crippen LogP contribution in [0.5, 0.6) is 5.75 Å². The van der Waals surface area contributed by atoms with E-state index in [4.69, 9.17) is 0 Å². The summed E-state index contributed by atoms with van der Waals surface area (Å²) >= 11 is 2.10. The van der Waals surface area contributed by atoms with Gasteiger partial charge < -0.3 is 5.11 Å². The Morgan fingerprint density at radius 2 is 2.08 bits per heavy atom. The quantitative estimate of drug-likeness (QED) is 0.745. The number of hydrogen-bond acceptors (Lipinski definition) is 2. The number of fused-ring (bicyclic) bond motifs is 1. The Hall–Kier alpha value is -0.580. The Kier molecular flexibility index (Phi) is 2.27. The number of halogens is 1. The molecule has 0 radical (unpaired) electrons. The van der Waals surface area contributed by atoms with Gasteiger partial charge in [0.2, 0.25) is 0 Å². The third-order valence-corrected chi connectivity index (χ3v) is 3.14. The van der Waals surface area contributed by atoms with Gasteiger partial charge in [0.1, 0.15) is 5.75 Å². The average molecular weight is 288 g/mol. The lowest BCUT2D eigenvalue weighted by molar-refractivity contribution is 0.0971. The lowest BCUT2D eigenvalue weighted by Gasteiger charge is -2.16. The largest absolute Gasteiger partial charge is 0.508 e. The molecular formula is C10H9IO2. The highest BCUT2D eigenvalue weighted by Gasteiger charge is 2.20. The minimum atomic E-state index is 0.214. The van der Waals surface area contributed by atoms with Crippen molar-refractivity contribution in [3.8, 4) is 5.75 Å². The second-order valence-corrected chi connectivity index (χ2v) is 4.40. The van der Waals surface area contributed by atoms with Gasteiger partial charge in [0.05, 0.1) is 0 Å².